The highest BCUT2D eigenvalue weighted by Crippen LogP contribution is 2.20. The van der Waals surface area contributed by atoms with Gasteiger partial charge in [-0.1, -0.05) is 5.16 Å². The molecule has 0 radical (unpaired) electrons. The molecule has 0 aliphatic rings. The molecule has 0 aliphatic carbocycles. The van der Waals surface area contributed by atoms with Crippen molar-refractivity contribution in [1.29, 1.82) is 0 Å². The molecule has 130 valence electrons. The van der Waals surface area contributed by atoms with Gasteiger partial charge in [-0.3, -0.25) is 4.79 Å². The molecule has 0 bridgehead atoms. The number of nitrogens with zero attached hydrogens (tertiary/aromatic N) is 4. The van der Waals surface area contributed by atoms with Crippen LogP contribution in [0.2, 0.25) is 0 Å². The Labute approximate surface area is 151 Å². The highest BCUT2D eigenvalue weighted by Gasteiger charge is 2.11. The Balaban J connectivity index is 1.31. The fourth-order valence-electron chi connectivity index (χ4n) is 2.30. The normalized spacial score (nSPS) is 10.8. The molecule has 0 aliphatic heterocycles. The molecule has 0 atom stereocenters. The van der Waals surface area contributed by atoms with Crippen LogP contribution in [-0.2, 0) is 11.2 Å². The van der Waals surface area contributed by atoms with Crippen LogP contribution in [0.4, 0.5) is 5.69 Å². The molecule has 0 fully saturated rings. The van der Waals surface area contributed by atoms with Gasteiger partial charge in [0.2, 0.25) is 29.9 Å². The summed E-state index contributed by atoms with van der Waals surface area (Å²) in [6, 6.07) is 9.07. The number of rotatable bonds is 6. The van der Waals surface area contributed by atoms with Gasteiger partial charge in [0.25, 0.3) is 0 Å². The zero-order valence-electron chi connectivity index (χ0n) is 13.5. The summed E-state index contributed by atoms with van der Waals surface area (Å²) in [5, 5.41) is 18.1. The van der Waals surface area contributed by atoms with E-state index in [1.54, 1.807) is 35.6 Å². The summed E-state index contributed by atoms with van der Waals surface area (Å²) in [5.41, 5.74) is 2.38. The predicted molar refractivity (Wildman–Crippen MR) is 94.3 cm³/mol. The lowest BCUT2D eigenvalue weighted by Gasteiger charge is -2.04. The Hall–Kier alpha value is -3.33. The van der Waals surface area contributed by atoms with Crippen molar-refractivity contribution in [1.82, 2.24) is 20.3 Å². The van der Waals surface area contributed by atoms with Gasteiger partial charge in [-0.15, -0.1) is 10.2 Å². The molecule has 4 rings (SSSR count). The molecule has 3 heterocycles. The smallest absolute Gasteiger partial charge is 0.247 e. The van der Waals surface area contributed by atoms with E-state index in [2.05, 4.69) is 25.7 Å². The fraction of sp³-hybridized carbons (Fsp3) is 0.118. The van der Waals surface area contributed by atoms with Crippen molar-refractivity contribution < 1.29 is 13.7 Å². The molecule has 26 heavy (non-hydrogen) atoms. The van der Waals surface area contributed by atoms with E-state index in [1.165, 1.54) is 6.39 Å². The number of anilines is 1. The Kier molecular flexibility index (Phi) is 4.52. The van der Waals surface area contributed by atoms with Crippen LogP contribution in [0.3, 0.4) is 0 Å². The summed E-state index contributed by atoms with van der Waals surface area (Å²) in [5.74, 6) is 1.28. The first-order valence-corrected chi connectivity index (χ1v) is 8.74. The van der Waals surface area contributed by atoms with E-state index in [0.717, 1.165) is 11.1 Å². The van der Waals surface area contributed by atoms with Gasteiger partial charge >= 0.3 is 0 Å². The molecule has 3 aromatic heterocycles. The van der Waals surface area contributed by atoms with E-state index in [1.807, 2.05) is 16.8 Å². The molecule has 0 unspecified atom stereocenters. The fourth-order valence-corrected chi connectivity index (χ4v) is 2.94. The zero-order chi connectivity index (χ0) is 17.8. The van der Waals surface area contributed by atoms with E-state index < -0.39 is 0 Å². The van der Waals surface area contributed by atoms with E-state index in [4.69, 9.17) is 8.94 Å². The van der Waals surface area contributed by atoms with Crippen molar-refractivity contribution in [3.05, 3.63) is 53.4 Å². The Morgan fingerprint density at radius 1 is 1.15 bits per heavy atom. The lowest BCUT2D eigenvalue weighted by Crippen LogP contribution is -2.12. The summed E-state index contributed by atoms with van der Waals surface area (Å²) >= 11 is 1.56. The highest BCUT2D eigenvalue weighted by molar-refractivity contribution is 7.08. The number of benzene rings is 1. The maximum atomic E-state index is 12.1. The van der Waals surface area contributed by atoms with E-state index in [9.17, 15) is 4.79 Å². The van der Waals surface area contributed by atoms with Gasteiger partial charge in [0.15, 0.2) is 0 Å². The second kappa shape index (κ2) is 7.28. The van der Waals surface area contributed by atoms with Crippen LogP contribution in [0.5, 0.6) is 0 Å². The van der Waals surface area contributed by atoms with Crippen molar-refractivity contribution in [3.8, 4) is 22.8 Å². The predicted octanol–water partition coefficient (Wildman–Crippen LogP) is 3.42. The molecule has 0 saturated carbocycles. The van der Waals surface area contributed by atoms with Crippen molar-refractivity contribution in [2.24, 2.45) is 0 Å². The van der Waals surface area contributed by atoms with Crippen LogP contribution in [0.15, 0.2) is 56.4 Å². The second-order valence-electron chi connectivity index (χ2n) is 5.39. The van der Waals surface area contributed by atoms with Crippen LogP contribution < -0.4 is 5.32 Å². The van der Waals surface area contributed by atoms with Gasteiger partial charge in [-0.05, 0) is 35.7 Å². The minimum absolute atomic E-state index is 0.133. The van der Waals surface area contributed by atoms with Gasteiger partial charge in [0, 0.05) is 35.0 Å². The van der Waals surface area contributed by atoms with Crippen LogP contribution in [0, 0.1) is 0 Å². The summed E-state index contributed by atoms with van der Waals surface area (Å²) in [6.07, 6.45) is 1.89. The molecule has 8 nitrogen and oxygen atoms in total. The first-order chi connectivity index (χ1) is 12.8. The van der Waals surface area contributed by atoms with E-state index in [0.29, 0.717) is 29.7 Å². The number of carbonyl (C=O) groups excluding carboxylic acids is 1. The quantitative estimate of drug-likeness (QED) is 0.556. The summed E-state index contributed by atoms with van der Waals surface area (Å²) in [7, 11) is 0. The number of aryl methyl sites for hydroxylation is 1. The van der Waals surface area contributed by atoms with E-state index >= 15 is 0 Å². The zero-order valence-corrected chi connectivity index (χ0v) is 14.3. The molecule has 0 spiro atoms. The van der Waals surface area contributed by atoms with Gasteiger partial charge in [-0.2, -0.15) is 16.3 Å². The van der Waals surface area contributed by atoms with Crippen molar-refractivity contribution in [2.75, 3.05) is 5.32 Å². The van der Waals surface area contributed by atoms with Crippen LogP contribution >= 0.6 is 11.3 Å². The SMILES string of the molecule is O=C(CCc1nc(-c2ccsc2)no1)Nc1ccc(-c2nnco2)cc1. The Morgan fingerprint density at radius 2 is 2.04 bits per heavy atom. The van der Waals surface area contributed by atoms with Crippen molar-refractivity contribution in [3.63, 3.8) is 0 Å². The minimum atomic E-state index is -0.133. The van der Waals surface area contributed by atoms with Crippen molar-refractivity contribution in [2.45, 2.75) is 12.8 Å². The van der Waals surface area contributed by atoms with Gasteiger partial charge in [0.05, 0.1) is 0 Å². The largest absolute Gasteiger partial charge is 0.423 e. The molecule has 0 saturated heterocycles. The molecule has 4 aromatic rings. The Morgan fingerprint density at radius 3 is 2.77 bits per heavy atom. The maximum absolute atomic E-state index is 12.1. The number of aromatic nitrogens is 4. The maximum Gasteiger partial charge on any atom is 0.247 e. The summed E-state index contributed by atoms with van der Waals surface area (Å²) in [6.45, 7) is 0. The third-order valence-corrected chi connectivity index (χ3v) is 4.27. The average Bonchev–Trinajstić information content (AvgIpc) is 3.42. The molecular weight excluding hydrogens is 354 g/mol. The highest BCUT2D eigenvalue weighted by atomic mass is 32.1. The minimum Gasteiger partial charge on any atom is -0.423 e. The van der Waals surface area contributed by atoms with Crippen LogP contribution in [-0.4, -0.2) is 26.2 Å². The summed E-state index contributed by atoms with van der Waals surface area (Å²) in [4.78, 5) is 16.4. The van der Waals surface area contributed by atoms with E-state index in [-0.39, 0.29) is 12.3 Å². The Bertz CT molecular complexity index is 978. The molecule has 9 heteroatoms. The molecule has 1 aromatic carbocycles. The average molecular weight is 367 g/mol. The topological polar surface area (TPSA) is 107 Å². The number of hydrogen-bond acceptors (Lipinski definition) is 8. The van der Waals surface area contributed by atoms with Gasteiger partial charge in [0.1, 0.15) is 0 Å². The standard InChI is InChI=1S/C17H13N5O3S/c23-14(5-6-15-20-16(22-25-15)12-7-8-26-9-12)19-13-3-1-11(2-4-13)17-21-18-10-24-17/h1-4,7-10H,5-6H2,(H,19,23). The summed E-state index contributed by atoms with van der Waals surface area (Å²) < 4.78 is 10.3. The molecule has 1 N–H and O–H groups in total. The van der Waals surface area contributed by atoms with Crippen LogP contribution in [0.1, 0.15) is 12.3 Å². The first kappa shape index (κ1) is 16.2. The van der Waals surface area contributed by atoms with Gasteiger partial charge < -0.3 is 14.3 Å². The number of nitrogens with one attached hydrogen (secondary N) is 1. The number of thiophene rings is 1. The number of carbonyl (C=O) groups is 1. The first-order valence-electron chi connectivity index (χ1n) is 7.79. The number of hydrogen-bond donors (Lipinski definition) is 1. The van der Waals surface area contributed by atoms with Gasteiger partial charge in [-0.25, -0.2) is 0 Å². The second-order valence-corrected chi connectivity index (χ2v) is 6.17. The van der Waals surface area contributed by atoms with Crippen LogP contribution in [0.25, 0.3) is 22.8 Å². The molecular formula is C17H13N5O3S. The third kappa shape index (κ3) is 3.67. The number of amides is 1. The monoisotopic (exact) mass is 367 g/mol. The van der Waals surface area contributed by atoms with Crippen molar-refractivity contribution >= 4 is 22.9 Å². The third-order valence-electron chi connectivity index (χ3n) is 3.59. The lowest BCUT2D eigenvalue weighted by molar-refractivity contribution is -0.116. The molecule has 1 amide bonds. The lowest BCUT2D eigenvalue weighted by atomic mass is 10.2.